The highest BCUT2D eigenvalue weighted by Gasteiger charge is 2.80. The largest absolute Gasteiger partial charge is 0.394 e. The number of anilines is 2. The van der Waals surface area contributed by atoms with Gasteiger partial charge in [-0.15, -0.1) is 0 Å². The van der Waals surface area contributed by atoms with Crippen LogP contribution in [0.1, 0.15) is 45.2 Å². The number of aliphatic hydroxyl groups is 1. The average Bonchev–Trinajstić information content (AvgIpc) is 3.39. The van der Waals surface area contributed by atoms with E-state index in [0.717, 1.165) is 11.1 Å². The number of nitrogens with zero attached hydrogens (tertiary/aromatic N) is 1. The minimum Gasteiger partial charge on any atom is -0.394 e. The van der Waals surface area contributed by atoms with Crippen molar-refractivity contribution in [2.75, 3.05) is 17.2 Å². The Morgan fingerprint density at radius 2 is 1.79 bits per heavy atom. The highest BCUT2D eigenvalue weighted by atomic mass is 16.5. The number of ether oxygens (including phenoxy) is 1. The molecule has 8 nitrogen and oxygen atoms in total. The molecule has 2 aromatic carbocycles. The molecule has 8 heteroatoms. The standard InChI is InChI=1S/C31H39N3O5/c1-17(2)23(16-35)34-26(28(37)33-22-14-18(3)12-13-19(22)4)31-15-20(5)30(6,39-31)24(25(31)29(34)38)27(36)32-21-10-8-7-9-11-21/h7-14,17,20,23-26,35H,15-16H2,1-6H3,(H,32,36)(H,33,37)/t20?,23-,24-,25-,26?,30+,31?/m0/s1. The number of para-hydroxylation sites is 1. The molecule has 3 aliphatic heterocycles. The number of fused-ring (bicyclic) bond motifs is 1. The molecule has 3 unspecified atom stereocenters. The van der Waals surface area contributed by atoms with Crippen molar-refractivity contribution < 1.29 is 24.2 Å². The summed E-state index contributed by atoms with van der Waals surface area (Å²) in [7, 11) is 0. The molecule has 2 bridgehead atoms. The molecule has 5 rings (SSSR count). The molecular weight excluding hydrogens is 494 g/mol. The van der Waals surface area contributed by atoms with Crippen LogP contribution in [-0.2, 0) is 19.1 Å². The third kappa shape index (κ3) is 4.16. The number of benzene rings is 2. The smallest absolute Gasteiger partial charge is 0.250 e. The Labute approximate surface area is 230 Å². The highest BCUT2D eigenvalue weighted by Crippen LogP contribution is 2.65. The second-order valence-corrected chi connectivity index (χ2v) is 12.1. The van der Waals surface area contributed by atoms with Gasteiger partial charge in [-0.3, -0.25) is 14.4 Å². The SMILES string of the molecule is Cc1ccc(C)c(NC(=O)C2N([C@@H](CO)C(C)C)C(=O)[C@@H]3[C@@H](C(=O)Nc4ccccc4)[C@]4(C)OC23CC4C)c1. The highest BCUT2D eigenvalue weighted by molar-refractivity contribution is 6.05. The predicted molar refractivity (Wildman–Crippen MR) is 149 cm³/mol. The van der Waals surface area contributed by atoms with E-state index >= 15 is 0 Å². The van der Waals surface area contributed by atoms with Gasteiger partial charge in [0, 0.05) is 11.4 Å². The van der Waals surface area contributed by atoms with Crippen LogP contribution in [0.3, 0.4) is 0 Å². The summed E-state index contributed by atoms with van der Waals surface area (Å²) >= 11 is 0. The molecule has 208 valence electrons. The first kappa shape index (κ1) is 27.3. The van der Waals surface area contributed by atoms with Gasteiger partial charge in [-0.1, -0.05) is 51.1 Å². The van der Waals surface area contributed by atoms with Gasteiger partial charge in [0.15, 0.2) is 0 Å². The number of carbonyl (C=O) groups excluding carboxylic acids is 3. The Hall–Kier alpha value is -3.23. The van der Waals surface area contributed by atoms with Crippen molar-refractivity contribution in [3.63, 3.8) is 0 Å². The molecule has 3 saturated heterocycles. The predicted octanol–water partition coefficient (Wildman–Crippen LogP) is 3.91. The van der Waals surface area contributed by atoms with Crippen LogP contribution in [0.4, 0.5) is 11.4 Å². The molecular formula is C31H39N3O5. The number of hydrogen-bond acceptors (Lipinski definition) is 5. The van der Waals surface area contributed by atoms with E-state index in [0.29, 0.717) is 17.8 Å². The lowest BCUT2D eigenvalue weighted by atomic mass is 9.62. The van der Waals surface area contributed by atoms with E-state index in [2.05, 4.69) is 10.6 Å². The number of aryl methyl sites for hydroxylation is 2. The fourth-order valence-corrected chi connectivity index (χ4v) is 7.17. The molecule has 3 aliphatic rings. The second-order valence-electron chi connectivity index (χ2n) is 12.1. The summed E-state index contributed by atoms with van der Waals surface area (Å²) in [5, 5.41) is 16.5. The van der Waals surface area contributed by atoms with Crippen LogP contribution >= 0.6 is 0 Å². The Morgan fingerprint density at radius 3 is 2.44 bits per heavy atom. The molecule has 0 radical (unpaired) electrons. The third-order valence-corrected chi connectivity index (χ3v) is 9.29. The Balaban J connectivity index is 1.59. The van der Waals surface area contributed by atoms with Crippen molar-refractivity contribution >= 4 is 29.1 Å². The molecule has 7 atom stereocenters. The van der Waals surface area contributed by atoms with Crippen molar-refractivity contribution in [1.29, 1.82) is 0 Å². The maximum Gasteiger partial charge on any atom is 0.250 e. The van der Waals surface area contributed by atoms with Crippen molar-refractivity contribution in [1.82, 2.24) is 4.90 Å². The summed E-state index contributed by atoms with van der Waals surface area (Å²) in [5.74, 6) is -2.79. The number of aliphatic hydroxyl groups excluding tert-OH is 1. The topological polar surface area (TPSA) is 108 Å². The monoisotopic (exact) mass is 533 g/mol. The molecule has 2 aromatic rings. The number of rotatable bonds is 7. The molecule has 0 saturated carbocycles. The van der Waals surface area contributed by atoms with Crippen LogP contribution in [0.25, 0.3) is 0 Å². The van der Waals surface area contributed by atoms with Gasteiger partial charge in [-0.05, 0) is 68.4 Å². The lowest BCUT2D eigenvalue weighted by Crippen LogP contribution is -2.57. The van der Waals surface area contributed by atoms with Gasteiger partial charge in [0.2, 0.25) is 17.7 Å². The van der Waals surface area contributed by atoms with Crippen molar-refractivity contribution in [2.45, 2.75) is 71.2 Å². The number of hydrogen-bond donors (Lipinski definition) is 3. The van der Waals surface area contributed by atoms with Crippen LogP contribution in [0.5, 0.6) is 0 Å². The average molecular weight is 534 g/mol. The van der Waals surface area contributed by atoms with E-state index in [1.807, 2.05) is 77.9 Å². The van der Waals surface area contributed by atoms with Crippen LogP contribution in [-0.4, -0.2) is 57.6 Å². The fraction of sp³-hybridized carbons (Fsp3) is 0.516. The molecule has 3 N–H and O–H groups in total. The first-order valence-electron chi connectivity index (χ1n) is 13.8. The van der Waals surface area contributed by atoms with Crippen LogP contribution in [0, 0.1) is 37.5 Å². The van der Waals surface area contributed by atoms with Gasteiger partial charge in [0.05, 0.1) is 30.1 Å². The van der Waals surface area contributed by atoms with Gasteiger partial charge in [0.25, 0.3) is 0 Å². The second kappa shape index (κ2) is 9.75. The Bertz CT molecular complexity index is 1300. The van der Waals surface area contributed by atoms with Gasteiger partial charge in [-0.25, -0.2) is 0 Å². The van der Waals surface area contributed by atoms with E-state index in [4.69, 9.17) is 4.74 Å². The summed E-state index contributed by atoms with van der Waals surface area (Å²) in [5.41, 5.74) is 1.10. The summed E-state index contributed by atoms with van der Waals surface area (Å²) < 4.78 is 6.79. The fourth-order valence-electron chi connectivity index (χ4n) is 7.17. The van der Waals surface area contributed by atoms with Gasteiger partial charge >= 0.3 is 0 Å². The minimum absolute atomic E-state index is 0.0735. The lowest BCUT2D eigenvalue weighted by Gasteiger charge is -2.38. The summed E-state index contributed by atoms with van der Waals surface area (Å²) in [6, 6.07) is 13.4. The van der Waals surface area contributed by atoms with E-state index < -0.39 is 35.1 Å². The first-order chi connectivity index (χ1) is 18.4. The van der Waals surface area contributed by atoms with Crippen molar-refractivity contribution in [2.24, 2.45) is 23.7 Å². The molecule has 3 heterocycles. The number of carbonyl (C=O) groups is 3. The maximum atomic E-state index is 14.4. The zero-order chi connectivity index (χ0) is 28.3. The quantitative estimate of drug-likeness (QED) is 0.500. The van der Waals surface area contributed by atoms with E-state index in [1.54, 1.807) is 12.1 Å². The summed E-state index contributed by atoms with van der Waals surface area (Å²) in [6.07, 6.45) is 0.465. The number of nitrogens with one attached hydrogen (secondary N) is 2. The maximum absolute atomic E-state index is 14.4. The molecule has 1 spiro atoms. The summed E-state index contributed by atoms with van der Waals surface area (Å²) in [6.45, 7) is 11.3. The first-order valence-corrected chi connectivity index (χ1v) is 13.8. The zero-order valence-electron chi connectivity index (χ0n) is 23.5. The van der Waals surface area contributed by atoms with E-state index in [9.17, 15) is 19.5 Å². The Kier molecular flexibility index (Phi) is 6.84. The lowest BCUT2D eigenvalue weighted by molar-refractivity contribution is -0.149. The number of amides is 3. The van der Waals surface area contributed by atoms with Gasteiger partial charge in [0.1, 0.15) is 11.6 Å². The van der Waals surface area contributed by atoms with Crippen LogP contribution in [0.2, 0.25) is 0 Å². The number of likely N-dealkylation sites (tertiary alicyclic amines) is 1. The minimum atomic E-state index is -1.19. The molecule has 0 aromatic heterocycles. The van der Waals surface area contributed by atoms with E-state index in [1.165, 1.54) is 4.90 Å². The van der Waals surface area contributed by atoms with Crippen LogP contribution < -0.4 is 10.6 Å². The van der Waals surface area contributed by atoms with E-state index in [-0.39, 0.29) is 36.2 Å². The third-order valence-electron chi connectivity index (χ3n) is 9.29. The van der Waals surface area contributed by atoms with Crippen molar-refractivity contribution in [3.05, 3.63) is 59.7 Å². The van der Waals surface area contributed by atoms with Gasteiger partial charge in [-0.2, -0.15) is 0 Å². The molecule has 0 aliphatic carbocycles. The normalized spacial score (nSPS) is 31.9. The summed E-state index contributed by atoms with van der Waals surface area (Å²) in [4.78, 5) is 44.0. The van der Waals surface area contributed by atoms with Gasteiger partial charge < -0.3 is 25.4 Å². The molecule has 3 amide bonds. The van der Waals surface area contributed by atoms with Crippen LogP contribution in [0.15, 0.2) is 48.5 Å². The van der Waals surface area contributed by atoms with Crippen molar-refractivity contribution in [3.8, 4) is 0 Å². The zero-order valence-corrected chi connectivity index (χ0v) is 23.5. The molecule has 3 fully saturated rings. The molecule has 39 heavy (non-hydrogen) atoms. The Morgan fingerprint density at radius 1 is 1.10 bits per heavy atom.